The number of carbonyl (C=O) groups excluding carboxylic acids is 2. The Morgan fingerprint density at radius 2 is 1.96 bits per heavy atom. The first-order valence-electron chi connectivity index (χ1n) is 9.41. The third-order valence-electron chi connectivity index (χ3n) is 4.69. The molecular weight excluding hydrogens is 398 g/mol. The van der Waals surface area contributed by atoms with Crippen LogP contribution >= 0.6 is 22.9 Å². The van der Waals surface area contributed by atoms with E-state index in [0.29, 0.717) is 15.9 Å². The molecular formula is C20H24ClN3O3S. The molecule has 28 heavy (non-hydrogen) atoms. The summed E-state index contributed by atoms with van der Waals surface area (Å²) >= 11 is 7.25. The number of carbonyl (C=O) groups is 2. The zero-order chi connectivity index (χ0) is 19.9. The number of aromatic nitrogens is 1. The molecule has 0 saturated heterocycles. The fourth-order valence-corrected chi connectivity index (χ4v) is 4.13. The Morgan fingerprint density at radius 1 is 1.25 bits per heavy atom. The van der Waals surface area contributed by atoms with Gasteiger partial charge < -0.3 is 15.0 Å². The highest BCUT2D eigenvalue weighted by Crippen LogP contribution is 2.23. The van der Waals surface area contributed by atoms with Crippen molar-refractivity contribution in [2.45, 2.75) is 45.1 Å². The molecule has 150 valence electrons. The summed E-state index contributed by atoms with van der Waals surface area (Å²) in [6, 6.07) is 6.93. The number of nitrogens with one attached hydrogen (secondary N) is 1. The Labute approximate surface area is 173 Å². The zero-order valence-corrected chi connectivity index (χ0v) is 17.4. The van der Waals surface area contributed by atoms with Gasteiger partial charge in [0.05, 0.1) is 5.69 Å². The van der Waals surface area contributed by atoms with Crippen molar-refractivity contribution in [3.63, 3.8) is 0 Å². The van der Waals surface area contributed by atoms with Crippen LogP contribution in [-0.2, 0) is 9.59 Å². The highest BCUT2D eigenvalue weighted by molar-refractivity contribution is 7.13. The van der Waals surface area contributed by atoms with E-state index in [9.17, 15) is 9.59 Å². The van der Waals surface area contributed by atoms with Crippen molar-refractivity contribution in [3.05, 3.63) is 40.4 Å². The number of benzene rings is 1. The molecule has 1 N–H and O–H groups in total. The molecule has 1 heterocycles. The van der Waals surface area contributed by atoms with E-state index in [2.05, 4.69) is 10.3 Å². The first-order chi connectivity index (χ1) is 13.5. The second-order valence-corrected chi connectivity index (χ2v) is 8.19. The van der Waals surface area contributed by atoms with Crippen LogP contribution < -0.4 is 10.1 Å². The van der Waals surface area contributed by atoms with Gasteiger partial charge in [0.1, 0.15) is 12.3 Å². The lowest BCUT2D eigenvalue weighted by Gasteiger charge is -2.33. The maximum absolute atomic E-state index is 12.9. The molecule has 0 radical (unpaired) electrons. The summed E-state index contributed by atoms with van der Waals surface area (Å²) in [5.41, 5.74) is 0.858. The molecule has 0 atom stereocenters. The average Bonchev–Trinajstić information content (AvgIpc) is 3.10. The van der Waals surface area contributed by atoms with Crippen molar-refractivity contribution in [3.8, 4) is 5.75 Å². The van der Waals surface area contributed by atoms with Gasteiger partial charge in [-0.25, -0.2) is 4.98 Å². The van der Waals surface area contributed by atoms with Gasteiger partial charge in [-0.05, 0) is 44.0 Å². The van der Waals surface area contributed by atoms with Crippen LogP contribution in [0.15, 0.2) is 29.6 Å². The van der Waals surface area contributed by atoms with Gasteiger partial charge in [0.15, 0.2) is 11.7 Å². The van der Waals surface area contributed by atoms with E-state index < -0.39 is 0 Å². The predicted octanol–water partition coefficient (Wildman–Crippen LogP) is 4.28. The van der Waals surface area contributed by atoms with Crippen LogP contribution in [-0.4, -0.2) is 40.9 Å². The number of rotatable bonds is 7. The molecule has 1 fully saturated rings. The van der Waals surface area contributed by atoms with Crippen molar-refractivity contribution < 1.29 is 14.3 Å². The van der Waals surface area contributed by atoms with Crippen LogP contribution in [0, 0.1) is 6.92 Å². The van der Waals surface area contributed by atoms with Crippen LogP contribution in [0.4, 0.5) is 5.13 Å². The van der Waals surface area contributed by atoms with E-state index in [1.807, 2.05) is 12.3 Å². The largest absolute Gasteiger partial charge is 0.484 e. The number of nitrogens with zero attached hydrogens (tertiary/aromatic N) is 2. The Kier molecular flexibility index (Phi) is 7.28. The monoisotopic (exact) mass is 421 g/mol. The molecule has 0 spiro atoms. The summed E-state index contributed by atoms with van der Waals surface area (Å²) < 4.78 is 5.61. The maximum atomic E-state index is 12.9. The Balaban J connectivity index is 1.62. The molecule has 1 aliphatic rings. The first kappa shape index (κ1) is 20.6. The molecule has 8 heteroatoms. The van der Waals surface area contributed by atoms with Crippen LogP contribution in [0.3, 0.4) is 0 Å². The van der Waals surface area contributed by atoms with Crippen molar-refractivity contribution in [2.24, 2.45) is 0 Å². The van der Waals surface area contributed by atoms with Gasteiger partial charge in [0.2, 0.25) is 5.91 Å². The molecule has 2 aromatic rings. The Bertz CT molecular complexity index is 803. The molecule has 2 amide bonds. The summed E-state index contributed by atoms with van der Waals surface area (Å²) in [6.45, 7) is 1.77. The summed E-state index contributed by atoms with van der Waals surface area (Å²) in [5, 5.41) is 5.82. The molecule has 1 aliphatic carbocycles. The standard InChI is InChI=1S/C20H24ClN3O3S/c1-14-13-28-20(22-14)23-18(25)11-24(16-5-3-2-4-6-16)19(26)12-27-17-9-7-15(21)8-10-17/h7-10,13,16H,2-6,11-12H2,1H3,(H,22,23,25). The van der Waals surface area contributed by atoms with E-state index in [4.69, 9.17) is 16.3 Å². The summed E-state index contributed by atoms with van der Waals surface area (Å²) in [6.07, 6.45) is 5.14. The van der Waals surface area contributed by atoms with E-state index in [1.165, 1.54) is 17.8 Å². The molecule has 0 bridgehead atoms. The van der Waals surface area contributed by atoms with Gasteiger partial charge in [-0.15, -0.1) is 11.3 Å². The topological polar surface area (TPSA) is 71.5 Å². The third-order valence-corrected chi connectivity index (χ3v) is 5.82. The molecule has 0 unspecified atom stereocenters. The van der Waals surface area contributed by atoms with Gasteiger partial charge in [-0.3, -0.25) is 9.59 Å². The second kappa shape index (κ2) is 9.89. The molecule has 1 aromatic heterocycles. The quantitative estimate of drug-likeness (QED) is 0.724. The maximum Gasteiger partial charge on any atom is 0.261 e. The molecule has 0 aliphatic heterocycles. The number of aryl methyl sites for hydroxylation is 1. The van der Waals surface area contributed by atoms with Crippen LogP contribution in [0.1, 0.15) is 37.8 Å². The van der Waals surface area contributed by atoms with Crippen LogP contribution in [0.25, 0.3) is 0 Å². The lowest BCUT2D eigenvalue weighted by atomic mass is 9.94. The minimum absolute atomic E-state index is 0.00606. The van der Waals surface area contributed by atoms with Gasteiger partial charge in [0.25, 0.3) is 5.91 Å². The predicted molar refractivity (Wildman–Crippen MR) is 111 cm³/mol. The number of ether oxygens (including phenoxy) is 1. The van der Waals surface area contributed by atoms with E-state index >= 15 is 0 Å². The highest BCUT2D eigenvalue weighted by atomic mass is 35.5. The first-order valence-corrected chi connectivity index (χ1v) is 10.7. The van der Waals surface area contributed by atoms with Crippen LogP contribution in [0.5, 0.6) is 5.75 Å². The summed E-state index contributed by atoms with van der Waals surface area (Å²) in [4.78, 5) is 31.3. The number of halogens is 1. The summed E-state index contributed by atoms with van der Waals surface area (Å²) in [7, 11) is 0. The van der Waals surface area contributed by atoms with Gasteiger partial charge in [-0.2, -0.15) is 0 Å². The molecule has 6 nitrogen and oxygen atoms in total. The molecule has 1 saturated carbocycles. The van der Waals surface area contributed by atoms with E-state index in [1.54, 1.807) is 29.2 Å². The Morgan fingerprint density at radius 3 is 2.61 bits per heavy atom. The minimum Gasteiger partial charge on any atom is -0.484 e. The third kappa shape index (κ3) is 5.94. The number of thiazole rings is 1. The average molecular weight is 422 g/mol. The number of amides is 2. The van der Waals surface area contributed by atoms with E-state index in [0.717, 1.165) is 31.4 Å². The van der Waals surface area contributed by atoms with Crippen molar-refractivity contribution in [1.29, 1.82) is 0 Å². The summed E-state index contributed by atoms with van der Waals surface area (Å²) in [5.74, 6) is 0.149. The van der Waals surface area contributed by atoms with Crippen molar-refractivity contribution in [2.75, 3.05) is 18.5 Å². The highest BCUT2D eigenvalue weighted by Gasteiger charge is 2.27. The number of anilines is 1. The van der Waals surface area contributed by atoms with Crippen molar-refractivity contribution in [1.82, 2.24) is 9.88 Å². The fourth-order valence-electron chi connectivity index (χ4n) is 3.30. The van der Waals surface area contributed by atoms with Gasteiger partial charge >= 0.3 is 0 Å². The van der Waals surface area contributed by atoms with Crippen LogP contribution in [0.2, 0.25) is 5.02 Å². The lowest BCUT2D eigenvalue weighted by molar-refractivity contribution is -0.139. The molecule has 3 rings (SSSR count). The normalized spacial score (nSPS) is 14.5. The fraction of sp³-hybridized carbons (Fsp3) is 0.450. The lowest BCUT2D eigenvalue weighted by Crippen LogP contribution is -2.47. The number of hydrogen-bond donors (Lipinski definition) is 1. The van der Waals surface area contributed by atoms with E-state index in [-0.39, 0.29) is 31.0 Å². The number of hydrogen-bond acceptors (Lipinski definition) is 5. The molecule has 1 aromatic carbocycles. The SMILES string of the molecule is Cc1csc(NC(=O)CN(C(=O)COc2ccc(Cl)cc2)C2CCCCC2)n1. The zero-order valence-electron chi connectivity index (χ0n) is 15.8. The Hall–Kier alpha value is -2.12. The minimum atomic E-state index is -0.236. The van der Waals surface area contributed by atoms with Gasteiger partial charge in [-0.1, -0.05) is 30.9 Å². The van der Waals surface area contributed by atoms with Gasteiger partial charge in [0, 0.05) is 16.4 Å². The second-order valence-electron chi connectivity index (χ2n) is 6.90. The smallest absolute Gasteiger partial charge is 0.261 e. The van der Waals surface area contributed by atoms with Crippen molar-refractivity contribution >= 4 is 39.9 Å².